The lowest BCUT2D eigenvalue weighted by Crippen LogP contribution is -2.40. The van der Waals surface area contributed by atoms with Crippen LogP contribution in [0, 0.1) is 0 Å². The smallest absolute Gasteiger partial charge is 0.303 e. The van der Waals surface area contributed by atoms with Crippen LogP contribution in [0.3, 0.4) is 0 Å². The highest BCUT2D eigenvalue weighted by Gasteiger charge is 2.34. The Labute approximate surface area is 236 Å². The molecule has 3 rings (SSSR count). The lowest BCUT2D eigenvalue weighted by Gasteiger charge is -2.37. The van der Waals surface area contributed by atoms with Crippen LogP contribution >= 0.6 is 35.3 Å². The summed E-state index contributed by atoms with van der Waals surface area (Å²) in [5.74, 6) is 0.531. The fourth-order valence-electron chi connectivity index (χ4n) is 4.62. The van der Waals surface area contributed by atoms with E-state index in [2.05, 4.69) is 5.32 Å². The molecule has 0 aromatic carbocycles. The second kappa shape index (κ2) is 16.8. The number of carboxylic acids is 1. The van der Waals surface area contributed by atoms with E-state index in [1.165, 1.54) is 11.8 Å². The summed E-state index contributed by atoms with van der Waals surface area (Å²) in [5, 5.41) is 51.4. The summed E-state index contributed by atoms with van der Waals surface area (Å²) in [6.07, 6.45) is 0.691. The van der Waals surface area contributed by atoms with Gasteiger partial charge in [0.2, 0.25) is 5.91 Å². The summed E-state index contributed by atoms with van der Waals surface area (Å²) in [6, 6.07) is 0. The van der Waals surface area contributed by atoms with Crippen LogP contribution in [-0.2, 0) is 23.8 Å². The highest BCUT2D eigenvalue weighted by molar-refractivity contribution is 8.00. The molecule has 1 amide bonds. The molecule has 3 aliphatic rings. The molecule has 9 unspecified atom stereocenters. The molecule has 0 bridgehead atoms. The van der Waals surface area contributed by atoms with E-state index in [0.29, 0.717) is 62.3 Å². The number of carboxylic acid groups (broad SMARTS) is 1. The average molecular weight is 600 g/mol. The predicted molar refractivity (Wildman–Crippen MR) is 146 cm³/mol. The fraction of sp³-hybridized carbons (Fsp3) is 0.917. The van der Waals surface area contributed by atoms with Crippen molar-refractivity contribution in [3.63, 3.8) is 0 Å². The van der Waals surface area contributed by atoms with Crippen LogP contribution in [0.2, 0.25) is 0 Å². The molecular weight excluding hydrogens is 558 g/mol. The molecule has 14 heteroatoms. The molecule has 0 aromatic rings. The topological polar surface area (TPSA) is 175 Å². The van der Waals surface area contributed by atoms with E-state index < -0.39 is 24.3 Å². The molecule has 0 saturated carbocycles. The normalized spacial score (nSPS) is 36.1. The van der Waals surface area contributed by atoms with Crippen LogP contribution in [0.1, 0.15) is 51.4 Å². The summed E-state index contributed by atoms with van der Waals surface area (Å²) in [6.45, 7) is 0.283. The SMILES string of the molecule is O=C(O)CCC(=O)NCCSC1CC(O)CC(CSC2CC(O)CC(CSC3CC(O)CC(CO)O3)O2)O1. The molecule has 3 heterocycles. The van der Waals surface area contributed by atoms with Crippen LogP contribution in [0.15, 0.2) is 0 Å². The number of rotatable bonds is 14. The maximum Gasteiger partial charge on any atom is 0.303 e. The van der Waals surface area contributed by atoms with Crippen molar-refractivity contribution < 1.29 is 49.3 Å². The summed E-state index contributed by atoms with van der Waals surface area (Å²) in [4.78, 5) is 22.2. The van der Waals surface area contributed by atoms with Gasteiger partial charge in [0.25, 0.3) is 0 Å². The monoisotopic (exact) mass is 599 g/mol. The number of nitrogens with one attached hydrogen (secondary N) is 1. The minimum absolute atomic E-state index is 0.0446. The zero-order valence-corrected chi connectivity index (χ0v) is 23.8. The van der Waals surface area contributed by atoms with Crippen molar-refractivity contribution >= 4 is 47.2 Å². The van der Waals surface area contributed by atoms with Gasteiger partial charge in [0.1, 0.15) is 16.3 Å². The van der Waals surface area contributed by atoms with E-state index in [0.717, 1.165) is 0 Å². The number of ether oxygens (including phenoxy) is 3. The Balaban J connectivity index is 1.35. The van der Waals surface area contributed by atoms with Crippen LogP contribution < -0.4 is 5.32 Å². The molecule has 220 valence electrons. The Hall–Kier alpha value is -0.290. The Bertz CT molecular complexity index is 738. The Morgan fingerprint density at radius 2 is 1.18 bits per heavy atom. The van der Waals surface area contributed by atoms with Crippen molar-refractivity contribution in [3.8, 4) is 0 Å². The number of carbonyl (C=O) groups excluding carboxylic acids is 1. The molecule has 3 saturated heterocycles. The average Bonchev–Trinajstić information content (AvgIpc) is 2.86. The third-order valence-corrected chi connectivity index (χ3v) is 10.1. The number of thioether (sulfide) groups is 3. The minimum Gasteiger partial charge on any atom is -0.481 e. The Kier molecular flexibility index (Phi) is 14.3. The summed E-state index contributed by atoms with van der Waals surface area (Å²) >= 11 is 4.63. The van der Waals surface area contributed by atoms with Gasteiger partial charge in [0.15, 0.2) is 0 Å². The standard InChI is InChI=1S/C24H41NO10S3/c26-11-17-5-14(27)9-23(33-17)37-13-19-7-16(29)10-24(35-19)38-12-18-6-15(28)8-22(34-18)36-4-3-25-20(30)1-2-21(31)32/h14-19,22-24,26-29H,1-13H2,(H,25,30)(H,31,32). The summed E-state index contributed by atoms with van der Waals surface area (Å²) in [7, 11) is 0. The molecule has 6 N–H and O–H groups in total. The molecule has 3 aliphatic heterocycles. The molecule has 38 heavy (non-hydrogen) atoms. The zero-order chi connectivity index (χ0) is 27.5. The number of aliphatic hydroxyl groups is 4. The van der Waals surface area contributed by atoms with Crippen LogP contribution in [-0.4, -0.2) is 121 Å². The highest BCUT2D eigenvalue weighted by atomic mass is 32.2. The van der Waals surface area contributed by atoms with E-state index >= 15 is 0 Å². The molecule has 0 aliphatic carbocycles. The van der Waals surface area contributed by atoms with Crippen molar-refractivity contribution in [2.24, 2.45) is 0 Å². The second-order valence-corrected chi connectivity index (χ2v) is 13.6. The largest absolute Gasteiger partial charge is 0.481 e. The fourth-order valence-corrected chi connectivity index (χ4v) is 8.17. The number of hydrogen-bond donors (Lipinski definition) is 6. The van der Waals surface area contributed by atoms with Crippen molar-refractivity contribution in [1.29, 1.82) is 0 Å². The van der Waals surface area contributed by atoms with Crippen LogP contribution in [0.5, 0.6) is 0 Å². The van der Waals surface area contributed by atoms with Gasteiger partial charge in [-0.25, -0.2) is 0 Å². The number of hydrogen-bond acceptors (Lipinski definition) is 12. The molecule has 9 atom stereocenters. The summed E-state index contributed by atoms with van der Waals surface area (Å²) < 4.78 is 18.2. The lowest BCUT2D eigenvalue weighted by atomic mass is 10.1. The third-order valence-electron chi connectivity index (χ3n) is 6.46. The third kappa shape index (κ3) is 12.1. The van der Waals surface area contributed by atoms with Crippen molar-refractivity contribution in [2.45, 2.75) is 104 Å². The van der Waals surface area contributed by atoms with Gasteiger partial charge in [-0.15, -0.1) is 35.3 Å². The van der Waals surface area contributed by atoms with Crippen molar-refractivity contribution in [1.82, 2.24) is 5.32 Å². The van der Waals surface area contributed by atoms with Gasteiger partial charge in [-0.1, -0.05) is 0 Å². The van der Waals surface area contributed by atoms with Gasteiger partial charge in [0.05, 0.1) is 49.7 Å². The van der Waals surface area contributed by atoms with Gasteiger partial charge in [-0.2, -0.15) is 0 Å². The molecular formula is C24H41NO10S3. The first kappa shape index (κ1) is 32.2. The van der Waals surface area contributed by atoms with E-state index in [-0.39, 0.29) is 60.0 Å². The molecule has 0 spiro atoms. The molecule has 3 fully saturated rings. The maximum atomic E-state index is 11.6. The van der Waals surface area contributed by atoms with Gasteiger partial charge in [-0.05, 0) is 0 Å². The van der Waals surface area contributed by atoms with E-state index in [1.807, 2.05) is 0 Å². The number of aliphatic carboxylic acids is 1. The van der Waals surface area contributed by atoms with Gasteiger partial charge < -0.3 is 45.1 Å². The maximum absolute atomic E-state index is 11.6. The molecule has 0 aromatic heterocycles. The van der Waals surface area contributed by atoms with E-state index in [1.54, 1.807) is 23.5 Å². The zero-order valence-electron chi connectivity index (χ0n) is 21.4. The lowest BCUT2D eigenvalue weighted by molar-refractivity contribution is -0.138. The van der Waals surface area contributed by atoms with Gasteiger partial charge in [-0.3, -0.25) is 9.59 Å². The van der Waals surface area contributed by atoms with E-state index in [9.17, 15) is 30.0 Å². The second-order valence-electron chi connectivity index (χ2n) is 9.90. The predicted octanol–water partition coefficient (Wildman–Crippen LogP) is 0.757. The quantitative estimate of drug-likeness (QED) is 0.155. The van der Waals surface area contributed by atoms with Gasteiger partial charge >= 0.3 is 5.97 Å². The molecule has 11 nitrogen and oxygen atoms in total. The number of carbonyl (C=O) groups is 2. The summed E-state index contributed by atoms with van der Waals surface area (Å²) in [5.41, 5.74) is -0.604. The number of amides is 1. The highest BCUT2D eigenvalue weighted by Crippen LogP contribution is 2.35. The van der Waals surface area contributed by atoms with Gasteiger partial charge in [0, 0.05) is 68.7 Å². The van der Waals surface area contributed by atoms with Crippen LogP contribution in [0.4, 0.5) is 0 Å². The first-order chi connectivity index (χ1) is 18.2. The minimum atomic E-state index is -1.00. The van der Waals surface area contributed by atoms with Crippen LogP contribution in [0.25, 0.3) is 0 Å². The van der Waals surface area contributed by atoms with Crippen molar-refractivity contribution in [3.05, 3.63) is 0 Å². The Morgan fingerprint density at radius 3 is 1.68 bits per heavy atom. The molecule has 0 radical (unpaired) electrons. The van der Waals surface area contributed by atoms with Crippen molar-refractivity contribution in [2.75, 3.05) is 30.4 Å². The first-order valence-corrected chi connectivity index (χ1v) is 16.3. The Morgan fingerprint density at radius 1 is 0.711 bits per heavy atom. The number of aliphatic hydroxyl groups excluding tert-OH is 4. The first-order valence-electron chi connectivity index (χ1n) is 13.1. The van der Waals surface area contributed by atoms with E-state index in [4.69, 9.17) is 19.3 Å².